The van der Waals surface area contributed by atoms with Gasteiger partial charge in [0, 0.05) is 31.1 Å². The summed E-state index contributed by atoms with van der Waals surface area (Å²) < 4.78 is 10.8. The Morgan fingerprint density at radius 3 is 3.07 bits per heavy atom. The summed E-state index contributed by atoms with van der Waals surface area (Å²) in [4.78, 5) is 24.2. The van der Waals surface area contributed by atoms with Crippen molar-refractivity contribution in [1.29, 1.82) is 0 Å². The van der Waals surface area contributed by atoms with Crippen LogP contribution in [0.2, 0.25) is 0 Å². The van der Waals surface area contributed by atoms with Crippen molar-refractivity contribution in [3.63, 3.8) is 0 Å². The highest BCUT2D eigenvalue weighted by Crippen LogP contribution is 2.44. The third-order valence-electron chi connectivity index (χ3n) is 6.35. The van der Waals surface area contributed by atoms with E-state index in [0.717, 1.165) is 68.1 Å². The highest BCUT2D eigenvalue weighted by molar-refractivity contribution is 5.77. The lowest BCUT2D eigenvalue weighted by Gasteiger charge is -2.40. The van der Waals surface area contributed by atoms with Crippen molar-refractivity contribution in [2.45, 2.75) is 50.9 Å². The van der Waals surface area contributed by atoms with E-state index in [1.54, 1.807) is 0 Å². The summed E-state index contributed by atoms with van der Waals surface area (Å²) in [6.45, 7) is 3.86. The maximum absolute atomic E-state index is 13.0. The molecule has 1 saturated heterocycles. The van der Waals surface area contributed by atoms with Crippen LogP contribution < -0.4 is 9.47 Å². The predicted molar refractivity (Wildman–Crippen MR) is 103 cm³/mol. The maximum Gasteiger partial charge on any atom is 0.231 e. The van der Waals surface area contributed by atoms with Crippen LogP contribution in [0.4, 0.5) is 0 Å². The van der Waals surface area contributed by atoms with Gasteiger partial charge in [0.1, 0.15) is 5.82 Å². The molecule has 1 unspecified atom stereocenters. The lowest BCUT2D eigenvalue weighted by Crippen LogP contribution is -2.48. The van der Waals surface area contributed by atoms with Crippen molar-refractivity contribution >= 4 is 5.91 Å². The fourth-order valence-corrected chi connectivity index (χ4v) is 4.88. The number of hydrogen-bond donors (Lipinski definition) is 0. The summed E-state index contributed by atoms with van der Waals surface area (Å²) in [6, 6.07) is 5.93. The summed E-state index contributed by atoms with van der Waals surface area (Å²) in [7, 11) is 0. The van der Waals surface area contributed by atoms with Gasteiger partial charge in [0.15, 0.2) is 11.5 Å². The van der Waals surface area contributed by atoms with Crippen LogP contribution in [0.1, 0.15) is 48.3 Å². The number of carbonyl (C=O) groups excluding carboxylic acids is 1. The molecule has 6 heteroatoms. The Hall–Kier alpha value is -2.63. The lowest BCUT2D eigenvalue weighted by molar-refractivity contribution is -0.133. The minimum absolute atomic E-state index is 0.0235. The molecule has 1 fully saturated rings. The monoisotopic (exact) mass is 379 g/mol. The molecule has 1 amide bonds. The van der Waals surface area contributed by atoms with Crippen molar-refractivity contribution in [3.8, 4) is 11.5 Å². The van der Waals surface area contributed by atoms with E-state index in [9.17, 15) is 4.79 Å². The number of ether oxygens (including phenoxy) is 2. The van der Waals surface area contributed by atoms with Crippen molar-refractivity contribution in [1.82, 2.24) is 14.9 Å². The number of rotatable bonds is 3. The fourth-order valence-electron chi connectivity index (χ4n) is 4.88. The first-order chi connectivity index (χ1) is 13.6. The molecule has 146 valence electrons. The number of hydrogen-bond acceptors (Lipinski definition) is 5. The highest BCUT2D eigenvalue weighted by Gasteiger charge is 2.44. The van der Waals surface area contributed by atoms with E-state index in [0.29, 0.717) is 6.42 Å². The number of piperidine rings is 1. The molecule has 1 aromatic heterocycles. The van der Waals surface area contributed by atoms with E-state index in [1.165, 1.54) is 11.3 Å². The first-order valence-electron chi connectivity index (χ1n) is 10.1. The van der Waals surface area contributed by atoms with Gasteiger partial charge in [-0.15, -0.1) is 0 Å². The normalized spacial score (nSPS) is 22.5. The molecule has 0 N–H and O–H groups in total. The van der Waals surface area contributed by atoms with Gasteiger partial charge in [0.25, 0.3) is 0 Å². The van der Waals surface area contributed by atoms with Gasteiger partial charge >= 0.3 is 0 Å². The minimum atomic E-state index is 0.0235. The van der Waals surface area contributed by atoms with Gasteiger partial charge in [-0.05, 0) is 62.3 Å². The van der Waals surface area contributed by atoms with Crippen LogP contribution in [0.3, 0.4) is 0 Å². The van der Waals surface area contributed by atoms with Crippen LogP contribution in [-0.2, 0) is 23.1 Å². The average molecular weight is 379 g/mol. The third-order valence-corrected chi connectivity index (χ3v) is 6.35. The molecular weight excluding hydrogens is 354 g/mol. The van der Waals surface area contributed by atoms with E-state index in [2.05, 4.69) is 9.88 Å². The summed E-state index contributed by atoms with van der Waals surface area (Å²) in [5.41, 5.74) is 3.59. The summed E-state index contributed by atoms with van der Waals surface area (Å²) >= 11 is 0. The average Bonchev–Trinajstić information content (AvgIpc) is 3.31. The quantitative estimate of drug-likeness (QED) is 0.820. The van der Waals surface area contributed by atoms with Crippen LogP contribution >= 0.6 is 0 Å². The first-order valence-corrected chi connectivity index (χ1v) is 10.1. The Kier molecular flexibility index (Phi) is 4.22. The van der Waals surface area contributed by atoms with Crippen LogP contribution in [0, 0.1) is 6.92 Å². The highest BCUT2D eigenvalue weighted by atomic mass is 16.7. The zero-order chi connectivity index (χ0) is 19.1. The molecule has 1 aliphatic carbocycles. The predicted octanol–water partition coefficient (Wildman–Crippen LogP) is 2.95. The van der Waals surface area contributed by atoms with E-state index in [1.807, 2.05) is 31.3 Å². The number of benzene rings is 1. The Bertz CT molecular complexity index is 925. The Morgan fingerprint density at radius 2 is 2.14 bits per heavy atom. The number of nitrogens with zero attached hydrogens (tertiary/aromatic N) is 3. The molecule has 3 aliphatic rings. The number of aromatic nitrogens is 2. The molecule has 0 bridgehead atoms. The van der Waals surface area contributed by atoms with Crippen molar-refractivity contribution in [3.05, 3.63) is 47.0 Å². The third kappa shape index (κ3) is 3.01. The van der Waals surface area contributed by atoms with E-state index < -0.39 is 0 Å². The van der Waals surface area contributed by atoms with E-state index in [-0.39, 0.29) is 18.1 Å². The second-order valence-corrected chi connectivity index (χ2v) is 8.18. The maximum atomic E-state index is 13.0. The molecule has 3 heterocycles. The number of amides is 1. The number of fused-ring (bicyclic) bond motifs is 3. The number of aryl methyl sites for hydroxylation is 3. The molecular formula is C22H25N3O3. The van der Waals surface area contributed by atoms with Crippen LogP contribution in [0.5, 0.6) is 11.5 Å². The van der Waals surface area contributed by atoms with Gasteiger partial charge in [-0.1, -0.05) is 6.07 Å². The molecule has 6 nitrogen and oxygen atoms in total. The molecule has 2 aromatic rings. The molecule has 28 heavy (non-hydrogen) atoms. The molecule has 2 aliphatic heterocycles. The minimum Gasteiger partial charge on any atom is -0.454 e. The van der Waals surface area contributed by atoms with Crippen LogP contribution in [0.15, 0.2) is 24.4 Å². The van der Waals surface area contributed by atoms with Crippen LogP contribution in [0.25, 0.3) is 0 Å². The fraction of sp³-hybridized carbons (Fsp3) is 0.500. The zero-order valence-corrected chi connectivity index (χ0v) is 16.2. The van der Waals surface area contributed by atoms with Crippen molar-refractivity contribution in [2.24, 2.45) is 0 Å². The van der Waals surface area contributed by atoms with Crippen molar-refractivity contribution < 1.29 is 14.3 Å². The van der Waals surface area contributed by atoms with E-state index >= 15 is 0 Å². The topological polar surface area (TPSA) is 64.6 Å². The first kappa shape index (κ1) is 17.5. The SMILES string of the molecule is Cc1ncc2c(n1)C1(CCCN(C(=O)CCc3ccc4c(c3)OCO4)C1)CC2. The van der Waals surface area contributed by atoms with Crippen LogP contribution in [-0.4, -0.2) is 40.7 Å². The summed E-state index contributed by atoms with van der Waals surface area (Å²) in [5, 5.41) is 0. The van der Waals surface area contributed by atoms with Gasteiger partial charge in [-0.2, -0.15) is 0 Å². The molecule has 1 spiro atoms. The standard InChI is InChI=1S/C22H25N3O3/c1-15-23-12-17-7-9-22(21(17)24-15)8-2-10-25(13-22)20(26)6-4-16-3-5-18-19(11-16)28-14-27-18/h3,5,11-12H,2,4,6-10,13-14H2,1H3. The molecule has 5 rings (SSSR count). The Morgan fingerprint density at radius 1 is 1.25 bits per heavy atom. The van der Waals surface area contributed by atoms with Gasteiger partial charge in [-0.3, -0.25) is 4.79 Å². The largest absolute Gasteiger partial charge is 0.454 e. The van der Waals surface area contributed by atoms with Gasteiger partial charge < -0.3 is 14.4 Å². The number of likely N-dealkylation sites (tertiary alicyclic amines) is 1. The Balaban J connectivity index is 1.27. The van der Waals surface area contributed by atoms with Crippen molar-refractivity contribution in [2.75, 3.05) is 19.9 Å². The smallest absolute Gasteiger partial charge is 0.231 e. The molecule has 0 radical (unpaired) electrons. The Labute approximate surface area is 164 Å². The summed E-state index contributed by atoms with van der Waals surface area (Å²) in [6.07, 6.45) is 7.47. The van der Waals surface area contributed by atoms with E-state index in [4.69, 9.17) is 14.5 Å². The van der Waals surface area contributed by atoms with Gasteiger partial charge in [0.2, 0.25) is 12.7 Å². The molecule has 0 saturated carbocycles. The number of carbonyl (C=O) groups is 1. The van der Waals surface area contributed by atoms with Gasteiger partial charge in [0.05, 0.1) is 5.69 Å². The molecule has 1 aromatic carbocycles. The van der Waals surface area contributed by atoms with Gasteiger partial charge in [-0.25, -0.2) is 9.97 Å². The lowest BCUT2D eigenvalue weighted by atomic mass is 9.77. The second kappa shape index (κ2) is 6.76. The second-order valence-electron chi connectivity index (χ2n) is 8.18. The zero-order valence-electron chi connectivity index (χ0n) is 16.2. The summed E-state index contributed by atoms with van der Waals surface area (Å²) in [5.74, 6) is 2.62. The molecule has 1 atom stereocenters.